The van der Waals surface area contributed by atoms with Crippen molar-refractivity contribution in [1.82, 2.24) is 49.3 Å². The molecule has 0 N–H and O–H groups in total. The molecule has 0 spiro atoms. The van der Waals surface area contributed by atoms with E-state index in [4.69, 9.17) is 23.2 Å². The quantitative estimate of drug-likeness (QED) is 0.194. The number of benzene rings is 1. The molecule has 42 heavy (non-hydrogen) atoms. The Hall–Kier alpha value is -4.63. The first kappa shape index (κ1) is 27.5. The third-order valence-electron chi connectivity index (χ3n) is 6.29. The zero-order valence-electron chi connectivity index (χ0n) is 20.8. The highest BCUT2D eigenvalue weighted by atomic mass is 35.5. The molecule has 0 bridgehead atoms. The standard InChI is InChI=1S/C25H15Cl2F5N10/c26-16-2-4-19(41-12-21(27)37-38-41)22(23(16)30)13-1-3-18(33-5-13)20(11-39-10-15(28)7-34-39)40-9-14(6-35-40)24-17(29)8-36-42(24)25(31)32/h1-10,12,20,25H,11H2/t20-/m1/s1. The molecule has 1 aromatic carbocycles. The summed E-state index contributed by atoms with van der Waals surface area (Å²) >= 11 is 12.0. The average Bonchev–Trinajstić information content (AvgIpc) is 3.77. The molecule has 0 unspecified atom stereocenters. The summed E-state index contributed by atoms with van der Waals surface area (Å²) in [6, 6.07) is 5.28. The Morgan fingerprint density at radius 1 is 0.833 bits per heavy atom. The lowest BCUT2D eigenvalue weighted by Crippen LogP contribution is -2.19. The molecule has 214 valence electrons. The summed E-state index contributed by atoms with van der Waals surface area (Å²) in [5.41, 5.74) is 0.624. The number of pyridine rings is 1. The molecular weight excluding hydrogens is 606 g/mol. The molecule has 17 heteroatoms. The van der Waals surface area contributed by atoms with Gasteiger partial charge < -0.3 is 0 Å². The Labute approximate surface area is 242 Å². The van der Waals surface area contributed by atoms with Gasteiger partial charge in [-0.2, -0.15) is 24.1 Å². The van der Waals surface area contributed by atoms with Gasteiger partial charge in [0.15, 0.2) is 22.6 Å². The van der Waals surface area contributed by atoms with E-state index < -0.39 is 35.7 Å². The maximum absolute atomic E-state index is 15.3. The summed E-state index contributed by atoms with van der Waals surface area (Å²) in [5.74, 6) is -2.28. The van der Waals surface area contributed by atoms with Crippen LogP contribution in [0.1, 0.15) is 18.3 Å². The number of hydrogen-bond donors (Lipinski definition) is 0. The molecule has 0 aliphatic rings. The fourth-order valence-corrected chi connectivity index (χ4v) is 4.72. The van der Waals surface area contributed by atoms with E-state index in [0.29, 0.717) is 23.1 Å². The highest BCUT2D eigenvalue weighted by molar-refractivity contribution is 6.31. The second-order valence-corrected chi connectivity index (χ2v) is 9.68. The number of hydrogen-bond acceptors (Lipinski definition) is 6. The van der Waals surface area contributed by atoms with Crippen LogP contribution in [0.3, 0.4) is 0 Å². The first-order chi connectivity index (χ1) is 20.2. The van der Waals surface area contributed by atoms with Crippen molar-refractivity contribution >= 4 is 23.2 Å². The van der Waals surface area contributed by atoms with Gasteiger partial charge in [0.25, 0.3) is 0 Å². The molecule has 0 saturated carbocycles. The summed E-state index contributed by atoms with van der Waals surface area (Å²) in [6.45, 7) is -3.09. The minimum Gasteiger partial charge on any atom is -0.267 e. The lowest BCUT2D eigenvalue weighted by atomic mass is 10.0. The van der Waals surface area contributed by atoms with Crippen molar-refractivity contribution in [3.05, 3.63) is 101 Å². The van der Waals surface area contributed by atoms with Gasteiger partial charge in [-0.25, -0.2) is 22.5 Å². The van der Waals surface area contributed by atoms with Gasteiger partial charge in [-0.3, -0.25) is 14.3 Å². The zero-order chi connectivity index (χ0) is 29.5. The van der Waals surface area contributed by atoms with Gasteiger partial charge in [-0.15, -0.1) is 5.10 Å². The fraction of sp³-hybridized carbons (Fsp3) is 0.120. The maximum atomic E-state index is 15.3. The molecule has 6 rings (SSSR count). The molecule has 0 amide bonds. The molecule has 6 aromatic rings. The zero-order valence-corrected chi connectivity index (χ0v) is 22.3. The van der Waals surface area contributed by atoms with Crippen LogP contribution in [0.2, 0.25) is 10.2 Å². The normalized spacial score (nSPS) is 12.4. The van der Waals surface area contributed by atoms with Gasteiger partial charge in [-0.05, 0) is 18.2 Å². The summed E-state index contributed by atoms with van der Waals surface area (Å²) in [6.07, 6.45) is 8.15. The fourth-order valence-electron chi connectivity index (χ4n) is 4.44. The van der Waals surface area contributed by atoms with Gasteiger partial charge in [0.2, 0.25) is 0 Å². The van der Waals surface area contributed by atoms with Crippen LogP contribution in [0.4, 0.5) is 22.0 Å². The van der Waals surface area contributed by atoms with Gasteiger partial charge in [-0.1, -0.05) is 34.5 Å². The second kappa shape index (κ2) is 11.0. The first-order valence-corrected chi connectivity index (χ1v) is 12.7. The average molecular weight is 621 g/mol. The molecule has 0 aliphatic carbocycles. The van der Waals surface area contributed by atoms with E-state index in [1.165, 1.54) is 44.9 Å². The number of nitrogens with zero attached hydrogens (tertiary/aromatic N) is 10. The molecule has 5 aromatic heterocycles. The van der Waals surface area contributed by atoms with Crippen molar-refractivity contribution in [3.8, 4) is 28.1 Å². The van der Waals surface area contributed by atoms with Gasteiger partial charge in [0.05, 0.1) is 53.9 Å². The first-order valence-electron chi connectivity index (χ1n) is 12.0. The topological polar surface area (TPSA) is 97.1 Å². The molecule has 0 aliphatic heterocycles. The smallest absolute Gasteiger partial charge is 0.267 e. The highest BCUT2D eigenvalue weighted by Gasteiger charge is 2.24. The Kier molecular flexibility index (Phi) is 7.20. The molecule has 1 atom stereocenters. The van der Waals surface area contributed by atoms with Crippen LogP contribution in [-0.4, -0.2) is 49.3 Å². The van der Waals surface area contributed by atoms with E-state index in [9.17, 15) is 17.6 Å². The minimum absolute atomic E-state index is 0.00219. The maximum Gasteiger partial charge on any atom is 0.333 e. The SMILES string of the molecule is Fc1cnn(C[C@H](c2ccc(-c3c(-n4cc(Cl)nn4)ccc(Cl)c3F)cn2)n2cc(-c3c(F)cnn3C(F)F)cn2)c1. The number of alkyl halides is 2. The Morgan fingerprint density at radius 3 is 2.33 bits per heavy atom. The summed E-state index contributed by atoms with van der Waals surface area (Å²) in [7, 11) is 0. The molecule has 0 saturated heterocycles. The minimum atomic E-state index is -3.09. The molecule has 0 fully saturated rings. The van der Waals surface area contributed by atoms with Gasteiger partial charge in [0, 0.05) is 29.1 Å². The van der Waals surface area contributed by atoms with Crippen molar-refractivity contribution in [2.45, 2.75) is 19.1 Å². The van der Waals surface area contributed by atoms with E-state index in [0.717, 1.165) is 12.4 Å². The monoisotopic (exact) mass is 620 g/mol. The van der Waals surface area contributed by atoms with Crippen LogP contribution in [-0.2, 0) is 6.54 Å². The van der Waals surface area contributed by atoms with Crippen LogP contribution < -0.4 is 0 Å². The predicted molar refractivity (Wildman–Crippen MR) is 140 cm³/mol. The Bertz CT molecular complexity index is 1880. The van der Waals surface area contributed by atoms with E-state index in [1.54, 1.807) is 18.2 Å². The lowest BCUT2D eigenvalue weighted by Gasteiger charge is -2.18. The summed E-state index contributed by atoms with van der Waals surface area (Å²) < 4.78 is 74.4. The number of aromatic nitrogens is 10. The molecule has 5 heterocycles. The van der Waals surface area contributed by atoms with Gasteiger partial charge >= 0.3 is 6.55 Å². The lowest BCUT2D eigenvalue weighted by molar-refractivity contribution is 0.0582. The second-order valence-electron chi connectivity index (χ2n) is 8.88. The van der Waals surface area contributed by atoms with E-state index in [-0.39, 0.29) is 32.5 Å². The predicted octanol–water partition coefficient (Wildman–Crippen LogP) is 5.99. The number of rotatable bonds is 8. The van der Waals surface area contributed by atoms with Crippen molar-refractivity contribution in [2.75, 3.05) is 0 Å². The molecule has 0 radical (unpaired) electrons. The third-order valence-corrected chi connectivity index (χ3v) is 6.76. The van der Waals surface area contributed by atoms with Crippen molar-refractivity contribution < 1.29 is 22.0 Å². The van der Waals surface area contributed by atoms with Crippen LogP contribution >= 0.6 is 23.2 Å². The Morgan fingerprint density at radius 2 is 1.67 bits per heavy atom. The van der Waals surface area contributed by atoms with Crippen molar-refractivity contribution in [3.63, 3.8) is 0 Å². The van der Waals surface area contributed by atoms with Crippen molar-refractivity contribution in [1.29, 1.82) is 0 Å². The van der Waals surface area contributed by atoms with E-state index in [2.05, 4.69) is 30.6 Å². The summed E-state index contributed by atoms with van der Waals surface area (Å²) in [5, 5.41) is 19.2. The van der Waals surface area contributed by atoms with Crippen LogP contribution in [0.25, 0.3) is 28.1 Å². The Balaban J connectivity index is 1.41. The summed E-state index contributed by atoms with van der Waals surface area (Å²) in [4.78, 5) is 4.49. The third kappa shape index (κ3) is 5.12. The van der Waals surface area contributed by atoms with Crippen LogP contribution in [0, 0.1) is 17.5 Å². The molecule has 10 nitrogen and oxygen atoms in total. The van der Waals surface area contributed by atoms with Crippen LogP contribution in [0.5, 0.6) is 0 Å². The van der Waals surface area contributed by atoms with E-state index >= 15 is 4.39 Å². The molecular formula is C25H15Cl2F5N10. The van der Waals surface area contributed by atoms with E-state index in [1.807, 2.05) is 0 Å². The van der Waals surface area contributed by atoms with Crippen LogP contribution in [0.15, 0.2) is 67.6 Å². The highest BCUT2D eigenvalue weighted by Crippen LogP contribution is 2.34. The van der Waals surface area contributed by atoms with Gasteiger partial charge in [0.1, 0.15) is 11.7 Å². The number of halogens is 7. The largest absolute Gasteiger partial charge is 0.333 e. The van der Waals surface area contributed by atoms with Crippen molar-refractivity contribution in [2.24, 2.45) is 0 Å².